The highest BCUT2D eigenvalue weighted by Crippen LogP contribution is 2.15. The highest BCUT2D eigenvalue weighted by molar-refractivity contribution is 14.0. The fourth-order valence-electron chi connectivity index (χ4n) is 1.58. The second-order valence-corrected chi connectivity index (χ2v) is 5.12. The number of aliphatic imine (C=N–C) groups is 1. The lowest BCUT2D eigenvalue weighted by atomic mass is 10.2. The van der Waals surface area contributed by atoms with Gasteiger partial charge < -0.3 is 15.4 Å². The van der Waals surface area contributed by atoms with Crippen LogP contribution in [-0.2, 0) is 11.3 Å². The molecule has 0 radical (unpaired) electrons. The van der Waals surface area contributed by atoms with Crippen LogP contribution in [0.15, 0.2) is 27.7 Å². The van der Waals surface area contributed by atoms with Crippen LogP contribution in [0.1, 0.15) is 18.9 Å². The van der Waals surface area contributed by atoms with Gasteiger partial charge in [-0.15, -0.1) is 24.0 Å². The zero-order valence-corrected chi connectivity index (χ0v) is 16.2. The largest absolute Gasteiger partial charge is 0.385 e. The smallest absolute Gasteiger partial charge is 0.191 e. The molecule has 0 heterocycles. The average Bonchev–Trinajstić information content (AvgIpc) is 2.42. The number of guanidine groups is 1. The maximum absolute atomic E-state index is 13.7. The molecule has 1 rings (SSSR count). The van der Waals surface area contributed by atoms with Crippen LogP contribution in [0.3, 0.4) is 0 Å². The van der Waals surface area contributed by atoms with Crippen molar-refractivity contribution >= 4 is 45.9 Å². The van der Waals surface area contributed by atoms with E-state index >= 15 is 0 Å². The molecule has 7 heteroatoms. The number of methoxy groups -OCH3 is 1. The Kier molecular flexibility index (Phi) is 11.9. The second kappa shape index (κ2) is 12.2. The molecule has 21 heavy (non-hydrogen) atoms. The molecular formula is C14H22BrFIN3O. The number of benzene rings is 1. The van der Waals surface area contributed by atoms with E-state index in [-0.39, 0.29) is 29.8 Å². The van der Waals surface area contributed by atoms with Crippen molar-refractivity contribution < 1.29 is 9.13 Å². The summed E-state index contributed by atoms with van der Waals surface area (Å²) in [5.74, 6) is 0.435. The normalized spacial score (nSPS) is 11.0. The molecule has 1 aromatic carbocycles. The molecule has 0 spiro atoms. The van der Waals surface area contributed by atoms with Crippen molar-refractivity contribution in [2.75, 3.05) is 26.8 Å². The minimum absolute atomic E-state index is 0. The summed E-state index contributed by atoms with van der Waals surface area (Å²) in [5.41, 5.74) is 0.572. The SMILES string of the molecule is CCNC(=NCc1ccc(Br)cc1F)NCCCOC.I. The topological polar surface area (TPSA) is 45.7 Å². The summed E-state index contributed by atoms with van der Waals surface area (Å²) in [6.45, 7) is 4.53. The van der Waals surface area contributed by atoms with E-state index in [4.69, 9.17) is 4.74 Å². The second-order valence-electron chi connectivity index (χ2n) is 4.20. The van der Waals surface area contributed by atoms with Gasteiger partial charge in [0.2, 0.25) is 0 Å². The molecule has 0 fully saturated rings. The minimum Gasteiger partial charge on any atom is -0.385 e. The zero-order valence-electron chi connectivity index (χ0n) is 12.3. The number of rotatable bonds is 7. The third kappa shape index (κ3) is 8.57. The molecule has 1 aromatic rings. The Labute approximate surface area is 151 Å². The van der Waals surface area contributed by atoms with E-state index in [9.17, 15) is 4.39 Å². The first kappa shape index (κ1) is 20.6. The maximum Gasteiger partial charge on any atom is 0.191 e. The predicted octanol–water partition coefficient (Wildman–Crippen LogP) is 3.30. The van der Waals surface area contributed by atoms with Crippen molar-refractivity contribution in [2.45, 2.75) is 19.9 Å². The zero-order chi connectivity index (χ0) is 14.8. The highest BCUT2D eigenvalue weighted by atomic mass is 127. The van der Waals surface area contributed by atoms with Gasteiger partial charge in [-0.2, -0.15) is 0 Å². The Morgan fingerprint density at radius 1 is 1.38 bits per heavy atom. The van der Waals surface area contributed by atoms with Gasteiger partial charge in [0.25, 0.3) is 0 Å². The number of nitrogens with one attached hydrogen (secondary N) is 2. The summed E-state index contributed by atoms with van der Waals surface area (Å²) in [7, 11) is 1.68. The third-order valence-corrected chi connectivity index (χ3v) is 3.08. The first-order valence-electron chi connectivity index (χ1n) is 6.62. The van der Waals surface area contributed by atoms with Crippen molar-refractivity contribution in [1.29, 1.82) is 0 Å². The Morgan fingerprint density at radius 3 is 2.76 bits per heavy atom. The highest BCUT2D eigenvalue weighted by Gasteiger charge is 2.03. The van der Waals surface area contributed by atoms with Gasteiger partial charge in [-0.05, 0) is 25.5 Å². The lowest BCUT2D eigenvalue weighted by Gasteiger charge is -2.11. The molecule has 0 aliphatic rings. The van der Waals surface area contributed by atoms with Crippen LogP contribution in [0.5, 0.6) is 0 Å². The number of hydrogen-bond donors (Lipinski definition) is 2. The first-order chi connectivity index (χ1) is 9.67. The summed E-state index contributed by atoms with van der Waals surface area (Å²) in [6.07, 6.45) is 0.896. The Balaban J connectivity index is 0.00000400. The van der Waals surface area contributed by atoms with E-state index in [1.165, 1.54) is 6.07 Å². The molecule has 0 aliphatic carbocycles. The molecule has 0 saturated carbocycles. The summed E-state index contributed by atoms with van der Waals surface area (Å²) in [6, 6.07) is 4.99. The van der Waals surface area contributed by atoms with Crippen LogP contribution in [0, 0.1) is 5.82 Å². The van der Waals surface area contributed by atoms with Gasteiger partial charge >= 0.3 is 0 Å². The lowest BCUT2D eigenvalue weighted by Crippen LogP contribution is -2.38. The van der Waals surface area contributed by atoms with Crippen LogP contribution in [0.4, 0.5) is 4.39 Å². The van der Waals surface area contributed by atoms with Crippen LogP contribution in [-0.4, -0.2) is 32.8 Å². The van der Waals surface area contributed by atoms with Gasteiger partial charge in [0.1, 0.15) is 5.82 Å². The standard InChI is InChI=1S/C14H21BrFN3O.HI/c1-3-17-14(18-7-4-8-20-2)19-10-11-5-6-12(15)9-13(11)16;/h5-6,9H,3-4,7-8,10H2,1-2H3,(H2,17,18,19);1H. The Morgan fingerprint density at radius 2 is 2.14 bits per heavy atom. The summed E-state index contributed by atoms with van der Waals surface area (Å²) >= 11 is 3.24. The van der Waals surface area contributed by atoms with Gasteiger partial charge in [0.15, 0.2) is 5.96 Å². The quantitative estimate of drug-likeness (QED) is 0.276. The molecule has 2 N–H and O–H groups in total. The van der Waals surface area contributed by atoms with Gasteiger partial charge in [0.05, 0.1) is 6.54 Å². The first-order valence-corrected chi connectivity index (χ1v) is 7.41. The fourth-order valence-corrected chi connectivity index (χ4v) is 1.91. The van der Waals surface area contributed by atoms with E-state index in [0.717, 1.165) is 24.0 Å². The van der Waals surface area contributed by atoms with Gasteiger partial charge in [-0.3, -0.25) is 0 Å². The monoisotopic (exact) mass is 473 g/mol. The summed E-state index contributed by atoms with van der Waals surface area (Å²) < 4.78 is 19.4. The van der Waals surface area contributed by atoms with Crippen molar-refractivity contribution in [3.8, 4) is 0 Å². The van der Waals surface area contributed by atoms with Crippen molar-refractivity contribution in [2.24, 2.45) is 4.99 Å². The average molecular weight is 474 g/mol. The Hall–Kier alpha value is -0.410. The molecule has 0 saturated heterocycles. The van der Waals surface area contributed by atoms with E-state index in [1.807, 2.05) is 13.0 Å². The predicted molar refractivity (Wildman–Crippen MR) is 98.8 cm³/mol. The molecule has 0 amide bonds. The third-order valence-electron chi connectivity index (χ3n) is 2.58. The van der Waals surface area contributed by atoms with Crippen molar-refractivity contribution in [1.82, 2.24) is 10.6 Å². The molecule has 120 valence electrons. The van der Waals surface area contributed by atoms with Crippen LogP contribution in [0.2, 0.25) is 0 Å². The van der Waals surface area contributed by atoms with E-state index in [1.54, 1.807) is 13.2 Å². The van der Waals surface area contributed by atoms with Gasteiger partial charge in [-0.1, -0.05) is 22.0 Å². The van der Waals surface area contributed by atoms with Crippen LogP contribution >= 0.6 is 39.9 Å². The Bertz CT molecular complexity index is 446. The fraction of sp³-hybridized carbons (Fsp3) is 0.500. The van der Waals surface area contributed by atoms with Crippen LogP contribution in [0.25, 0.3) is 0 Å². The maximum atomic E-state index is 13.7. The molecule has 0 unspecified atom stereocenters. The van der Waals surface area contributed by atoms with Crippen molar-refractivity contribution in [3.63, 3.8) is 0 Å². The summed E-state index contributed by atoms with van der Waals surface area (Å²) in [5, 5.41) is 6.31. The van der Waals surface area contributed by atoms with E-state index < -0.39 is 0 Å². The minimum atomic E-state index is -0.252. The lowest BCUT2D eigenvalue weighted by molar-refractivity contribution is 0.195. The summed E-state index contributed by atoms with van der Waals surface area (Å²) in [4.78, 5) is 4.37. The number of hydrogen-bond acceptors (Lipinski definition) is 2. The molecular weight excluding hydrogens is 452 g/mol. The number of halogens is 3. The molecule has 0 aromatic heterocycles. The van der Waals surface area contributed by atoms with E-state index in [2.05, 4.69) is 31.6 Å². The van der Waals surface area contributed by atoms with Crippen LogP contribution < -0.4 is 10.6 Å². The van der Waals surface area contributed by atoms with E-state index in [0.29, 0.717) is 24.7 Å². The molecule has 0 atom stereocenters. The number of nitrogens with zero attached hydrogens (tertiary/aromatic N) is 1. The van der Waals surface area contributed by atoms with Crippen molar-refractivity contribution in [3.05, 3.63) is 34.1 Å². The van der Waals surface area contributed by atoms with Gasteiger partial charge in [-0.25, -0.2) is 9.38 Å². The number of ether oxygens (including phenoxy) is 1. The van der Waals surface area contributed by atoms with Gasteiger partial charge in [0, 0.05) is 36.8 Å². The molecule has 0 bridgehead atoms. The molecule has 4 nitrogen and oxygen atoms in total. The molecule has 0 aliphatic heterocycles.